The maximum absolute atomic E-state index is 11.8. The number of amides is 1. The van der Waals surface area contributed by atoms with Gasteiger partial charge in [0.05, 0.1) is 0 Å². The second kappa shape index (κ2) is 6.61. The summed E-state index contributed by atoms with van der Waals surface area (Å²) in [6.45, 7) is 1.98. The number of thiocarbonyl (C=S) groups is 1. The molecular weight excluding hydrogens is 252 g/mol. The Balaban J connectivity index is 2.66. The molecule has 5 heteroatoms. The van der Waals surface area contributed by atoms with Crippen LogP contribution in [0.5, 0.6) is 0 Å². The molecule has 0 bridgehead atoms. The fraction of sp³-hybridized carbons (Fsp3) is 0.333. The van der Waals surface area contributed by atoms with Crippen molar-refractivity contribution >= 4 is 34.9 Å². The first kappa shape index (κ1) is 14.0. The smallest absolute Gasteiger partial charge is 0.251 e. The van der Waals surface area contributed by atoms with E-state index in [2.05, 4.69) is 5.32 Å². The number of carbonyl (C=O) groups is 1. The van der Waals surface area contributed by atoms with E-state index in [1.165, 1.54) is 0 Å². The Morgan fingerprint density at radius 3 is 2.41 bits per heavy atom. The Kier molecular flexibility index (Phi) is 5.44. The molecule has 0 heterocycles. The molecule has 3 N–H and O–H groups in total. The van der Waals surface area contributed by atoms with Gasteiger partial charge in [0.25, 0.3) is 5.91 Å². The molecule has 0 saturated carbocycles. The van der Waals surface area contributed by atoms with Crippen LogP contribution in [-0.4, -0.2) is 28.9 Å². The monoisotopic (exact) mass is 268 g/mol. The molecule has 1 amide bonds. The van der Waals surface area contributed by atoms with Crippen molar-refractivity contribution in [2.45, 2.75) is 13.0 Å². The van der Waals surface area contributed by atoms with Crippen LogP contribution in [0.15, 0.2) is 24.3 Å². The fourth-order valence-electron chi connectivity index (χ4n) is 1.38. The van der Waals surface area contributed by atoms with Crippen molar-refractivity contribution in [2.75, 3.05) is 12.0 Å². The van der Waals surface area contributed by atoms with Gasteiger partial charge in [-0.05, 0) is 25.3 Å². The molecule has 1 aromatic rings. The van der Waals surface area contributed by atoms with Gasteiger partial charge in [0.15, 0.2) is 0 Å². The Hall–Kier alpha value is -1.07. The second-order valence-corrected chi connectivity index (χ2v) is 5.12. The zero-order valence-corrected chi connectivity index (χ0v) is 11.5. The number of nitrogens with one attached hydrogen (secondary N) is 1. The van der Waals surface area contributed by atoms with Crippen LogP contribution < -0.4 is 11.1 Å². The van der Waals surface area contributed by atoms with E-state index in [-0.39, 0.29) is 11.9 Å². The van der Waals surface area contributed by atoms with Crippen LogP contribution in [0.3, 0.4) is 0 Å². The lowest BCUT2D eigenvalue weighted by molar-refractivity contribution is 0.0944. The minimum Gasteiger partial charge on any atom is -0.389 e. The van der Waals surface area contributed by atoms with E-state index in [1.807, 2.05) is 13.2 Å². The summed E-state index contributed by atoms with van der Waals surface area (Å²) in [6, 6.07) is 7.14. The van der Waals surface area contributed by atoms with Crippen LogP contribution in [0.2, 0.25) is 0 Å². The average Bonchev–Trinajstić information content (AvgIpc) is 2.29. The van der Waals surface area contributed by atoms with Crippen molar-refractivity contribution in [2.24, 2.45) is 5.73 Å². The van der Waals surface area contributed by atoms with Crippen molar-refractivity contribution < 1.29 is 4.79 Å². The van der Waals surface area contributed by atoms with E-state index < -0.39 is 0 Å². The lowest BCUT2D eigenvalue weighted by atomic mass is 10.1. The third kappa shape index (κ3) is 4.36. The van der Waals surface area contributed by atoms with E-state index in [9.17, 15) is 4.79 Å². The average molecular weight is 268 g/mol. The summed E-state index contributed by atoms with van der Waals surface area (Å²) in [5.41, 5.74) is 6.88. The van der Waals surface area contributed by atoms with Crippen LogP contribution in [0.4, 0.5) is 0 Å². The van der Waals surface area contributed by atoms with Gasteiger partial charge < -0.3 is 11.1 Å². The summed E-state index contributed by atoms with van der Waals surface area (Å²) < 4.78 is 0. The van der Waals surface area contributed by atoms with Gasteiger partial charge in [-0.25, -0.2) is 0 Å². The van der Waals surface area contributed by atoms with E-state index in [1.54, 1.807) is 36.0 Å². The van der Waals surface area contributed by atoms with Crippen molar-refractivity contribution in [1.29, 1.82) is 0 Å². The molecular formula is C12H16N2OS2. The number of thioether (sulfide) groups is 1. The van der Waals surface area contributed by atoms with E-state index in [4.69, 9.17) is 18.0 Å². The lowest BCUT2D eigenvalue weighted by Crippen LogP contribution is -2.34. The van der Waals surface area contributed by atoms with Crippen molar-refractivity contribution in [3.05, 3.63) is 35.4 Å². The molecule has 0 aliphatic rings. The van der Waals surface area contributed by atoms with Crippen LogP contribution in [0.1, 0.15) is 22.8 Å². The Bertz CT molecular complexity index is 403. The molecule has 3 nitrogen and oxygen atoms in total. The van der Waals surface area contributed by atoms with Crippen molar-refractivity contribution in [3.63, 3.8) is 0 Å². The first-order valence-electron chi connectivity index (χ1n) is 5.24. The molecule has 0 aliphatic carbocycles. The molecule has 1 aromatic carbocycles. The Morgan fingerprint density at radius 2 is 1.94 bits per heavy atom. The van der Waals surface area contributed by atoms with Gasteiger partial charge in [0.2, 0.25) is 0 Å². The highest BCUT2D eigenvalue weighted by Crippen LogP contribution is 2.05. The van der Waals surface area contributed by atoms with Crippen LogP contribution in [0.25, 0.3) is 0 Å². The van der Waals surface area contributed by atoms with Crippen LogP contribution >= 0.6 is 24.0 Å². The van der Waals surface area contributed by atoms with Gasteiger partial charge in [-0.3, -0.25) is 4.79 Å². The number of benzene rings is 1. The van der Waals surface area contributed by atoms with Crippen molar-refractivity contribution in [3.8, 4) is 0 Å². The number of rotatable bonds is 5. The first-order chi connectivity index (χ1) is 8.04. The van der Waals surface area contributed by atoms with Gasteiger partial charge in [-0.2, -0.15) is 11.8 Å². The molecule has 0 radical (unpaired) electrons. The van der Waals surface area contributed by atoms with Crippen LogP contribution in [0, 0.1) is 0 Å². The maximum Gasteiger partial charge on any atom is 0.251 e. The molecule has 0 saturated heterocycles. The lowest BCUT2D eigenvalue weighted by Gasteiger charge is -2.12. The molecule has 1 rings (SSSR count). The third-order valence-electron chi connectivity index (χ3n) is 2.23. The number of nitrogens with two attached hydrogens (primary N) is 1. The third-order valence-corrected chi connectivity index (χ3v) is 3.29. The van der Waals surface area contributed by atoms with E-state index in [0.29, 0.717) is 10.6 Å². The molecule has 0 aliphatic heterocycles. The zero-order valence-electron chi connectivity index (χ0n) is 9.90. The zero-order chi connectivity index (χ0) is 12.8. The van der Waals surface area contributed by atoms with Gasteiger partial charge >= 0.3 is 0 Å². The van der Waals surface area contributed by atoms with Gasteiger partial charge in [0, 0.05) is 22.9 Å². The minimum absolute atomic E-state index is 0.0685. The summed E-state index contributed by atoms with van der Waals surface area (Å²) in [4.78, 5) is 12.2. The molecule has 0 aromatic heterocycles. The number of hydrogen-bond acceptors (Lipinski definition) is 3. The summed E-state index contributed by atoms with van der Waals surface area (Å²) in [5.74, 6) is 0.831. The van der Waals surface area contributed by atoms with Gasteiger partial charge in [-0.1, -0.05) is 24.4 Å². The molecule has 92 valence electrons. The molecule has 17 heavy (non-hydrogen) atoms. The SMILES string of the molecule is CSCC(C)NC(=O)c1ccc(C(N)=S)cc1. The standard InChI is InChI=1S/C12H16N2OS2/c1-8(7-17-2)14-12(15)10-5-3-9(4-6-10)11(13)16/h3-6,8H,7H2,1-2H3,(H2,13,16)(H,14,15). The number of hydrogen-bond donors (Lipinski definition) is 2. The second-order valence-electron chi connectivity index (χ2n) is 3.77. The highest BCUT2D eigenvalue weighted by atomic mass is 32.2. The molecule has 1 atom stereocenters. The van der Waals surface area contributed by atoms with Crippen molar-refractivity contribution in [1.82, 2.24) is 5.32 Å². The molecule has 1 unspecified atom stereocenters. The maximum atomic E-state index is 11.8. The quantitative estimate of drug-likeness (QED) is 0.800. The van der Waals surface area contributed by atoms with E-state index >= 15 is 0 Å². The van der Waals surface area contributed by atoms with Gasteiger partial charge in [-0.15, -0.1) is 0 Å². The molecule has 0 fully saturated rings. The summed E-state index contributed by atoms with van der Waals surface area (Å²) >= 11 is 6.55. The summed E-state index contributed by atoms with van der Waals surface area (Å²) in [7, 11) is 0. The van der Waals surface area contributed by atoms with Crippen LogP contribution in [-0.2, 0) is 0 Å². The predicted molar refractivity (Wildman–Crippen MR) is 77.6 cm³/mol. The normalized spacial score (nSPS) is 11.9. The Morgan fingerprint density at radius 1 is 1.41 bits per heavy atom. The minimum atomic E-state index is -0.0685. The highest BCUT2D eigenvalue weighted by Gasteiger charge is 2.09. The largest absolute Gasteiger partial charge is 0.389 e. The summed E-state index contributed by atoms with van der Waals surface area (Å²) in [6.07, 6.45) is 2.01. The molecule has 0 spiro atoms. The van der Waals surface area contributed by atoms with Gasteiger partial charge in [0.1, 0.15) is 4.99 Å². The first-order valence-corrected chi connectivity index (χ1v) is 7.04. The number of carbonyl (C=O) groups excluding carboxylic acids is 1. The Labute approximate surface area is 111 Å². The summed E-state index contributed by atoms with van der Waals surface area (Å²) in [5, 5.41) is 2.92. The van der Waals surface area contributed by atoms with E-state index in [0.717, 1.165) is 11.3 Å². The predicted octanol–water partition coefficient (Wildman–Crippen LogP) is 1.80. The fourth-order valence-corrected chi connectivity index (χ4v) is 2.10. The highest BCUT2D eigenvalue weighted by molar-refractivity contribution is 7.98. The topological polar surface area (TPSA) is 55.1 Å².